The summed E-state index contributed by atoms with van der Waals surface area (Å²) >= 11 is 0. The van der Waals surface area contributed by atoms with Crippen molar-refractivity contribution < 1.29 is 29.5 Å². The van der Waals surface area contributed by atoms with E-state index in [9.17, 15) is 18.7 Å². The summed E-state index contributed by atoms with van der Waals surface area (Å²) in [5.74, 6) is -1.78. The summed E-state index contributed by atoms with van der Waals surface area (Å²) in [6.45, 7) is 0. The number of carbonyl (C=O) groups is 1. The highest BCUT2D eigenvalue weighted by Gasteiger charge is 2.28. The van der Waals surface area contributed by atoms with Crippen LogP contribution in [0.3, 0.4) is 0 Å². The summed E-state index contributed by atoms with van der Waals surface area (Å²) in [5.41, 5.74) is 2.77. The maximum Gasteiger partial charge on any atom is 0.270 e. The molecule has 0 heterocycles. The van der Waals surface area contributed by atoms with Crippen LogP contribution in [0.2, 0.25) is 0 Å². The van der Waals surface area contributed by atoms with Crippen molar-refractivity contribution in [2.75, 3.05) is 0 Å². The summed E-state index contributed by atoms with van der Waals surface area (Å²) in [4.78, 5) is 9.78. The van der Waals surface area contributed by atoms with Gasteiger partial charge in [-0.15, -0.1) is 0 Å². The second kappa shape index (κ2) is 3.43. The molecule has 0 bridgehead atoms. The van der Waals surface area contributed by atoms with Crippen LogP contribution in [0.1, 0.15) is 0 Å². The third-order valence-corrected chi connectivity index (χ3v) is 0.973. The molecule has 0 unspecified atom stereocenters. The van der Waals surface area contributed by atoms with Gasteiger partial charge in [-0.25, -0.2) is 8.78 Å². The number of carboxylic acids is 1. The fourth-order valence-corrected chi connectivity index (χ4v) is 0.315. The highest BCUT2D eigenvalue weighted by molar-refractivity contribution is 5.69. The zero-order valence-corrected chi connectivity index (χ0v) is 4.96. The lowest BCUT2D eigenvalue weighted by Crippen LogP contribution is -2.74. The molecular formula is C4H7F2NO3. The van der Waals surface area contributed by atoms with Gasteiger partial charge in [0.15, 0.2) is 12.1 Å². The summed E-state index contributed by atoms with van der Waals surface area (Å²) in [6.07, 6.45) is -5.34. The molecule has 0 rings (SSSR count). The van der Waals surface area contributed by atoms with Crippen LogP contribution >= 0.6 is 0 Å². The van der Waals surface area contributed by atoms with Gasteiger partial charge in [0.2, 0.25) is 0 Å². The Balaban J connectivity index is 3.94. The second-order valence-corrected chi connectivity index (χ2v) is 1.75. The summed E-state index contributed by atoms with van der Waals surface area (Å²) < 4.78 is 22.9. The van der Waals surface area contributed by atoms with E-state index >= 15 is 0 Å². The minimum absolute atomic E-state index is 1.78. The highest BCUT2D eigenvalue weighted by atomic mass is 19.3. The molecule has 4 nitrogen and oxygen atoms in total. The van der Waals surface area contributed by atoms with E-state index in [2.05, 4.69) is 5.73 Å². The molecule has 0 radical (unpaired) electrons. The van der Waals surface area contributed by atoms with E-state index < -0.39 is 24.5 Å². The molecule has 60 valence electrons. The van der Waals surface area contributed by atoms with Gasteiger partial charge in [-0.3, -0.25) is 0 Å². The van der Waals surface area contributed by atoms with Crippen LogP contribution in [-0.4, -0.2) is 29.6 Å². The standard InChI is InChI=1S/C4H7F2NO3/c5-3(6)2(8)1(7)4(9)10/h1-3,8H,7H2,(H,9,10)/t1-,2+/m1/s1. The number of aliphatic hydroxyl groups excluding tert-OH is 1. The van der Waals surface area contributed by atoms with Crippen LogP contribution in [0.5, 0.6) is 0 Å². The Morgan fingerprint density at radius 3 is 2.10 bits per heavy atom. The largest absolute Gasteiger partial charge is 0.544 e. The van der Waals surface area contributed by atoms with Gasteiger partial charge in [0.1, 0.15) is 5.97 Å². The molecule has 10 heavy (non-hydrogen) atoms. The number of aliphatic carboxylic acids is 1. The number of alkyl halides is 2. The summed E-state index contributed by atoms with van der Waals surface area (Å²) in [7, 11) is 0. The van der Waals surface area contributed by atoms with Crippen molar-refractivity contribution >= 4 is 5.97 Å². The summed E-state index contributed by atoms with van der Waals surface area (Å²) in [6, 6.07) is -1.78. The molecule has 0 saturated heterocycles. The minimum Gasteiger partial charge on any atom is -0.544 e. The average Bonchev–Trinajstić information content (AvgIpc) is 1.84. The van der Waals surface area contributed by atoms with Gasteiger partial charge in [0.05, 0.1) is 0 Å². The first-order chi connectivity index (χ1) is 4.46. The molecule has 0 aromatic rings. The molecule has 2 atom stereocenters. The van der Waals surface area contributed by atoms with Gasteiger partial charge >= 0.3 is 0 Å². The first-order valence-electron chi connectivity index (χ1n) is 2.47. The lowest BCUT2D eigenvalue weighted by atomic mass is 10.2. The Labute approximate surface area is 55.3 Å². The number of quaternary nitrogens is 1. The predicted octanol–water partition coefficient (Wildman–Crippen LogP) is -3.03. The molecule has 0 saturated carbocycles. The van der Waals surface area contributed by atoms with Gasteiger partial charge in [0, 0.05) is 0 Å². The molecule has 0 aliphatic rings. The lowest BCUT2D eigenvalue weighted by Gasteiger charge is -2.14. The number of hydrogen-bond donors (Lipinski definition) is 2. The lowest BCUT2D eigenvalue weighted by molar-refractivity contribution is -0.456. The maximum absolute atomic E-state index is 11.5. The number of carbonyl (C=O) groups excluding carboxylic acids is 1. The molecule has 0 spiro atoms. The fraction of sp³-hybridized carbons (Fsp3) is 0.750. The molecule has 6 heteroatoms. The first kappa shape index (κ1) is 9.25. The van der Waals surface area contributed by atoms with Gasteiger partial charge < -0.3 is 20.7 Å². The van der Waals surface area contributed by atoms with Crippen molar-refractivity contribution in [1.82, 2.24) is 0 Å². The number of aliphatic hydroxyl groups is 1. The number of halogens is 2. The van der Waals surface area contributed by atoms with Gasteiger partial charge in [-0.2, -0.15) is 0 Å². The molecule has 0 aliphatic carbocycles. The van der Waals surface area contributed by atoms with Crippen molar-refractivity contribution in [3.63, 3.8) is 0 Å². The normalized spacial score (nSPS) is 16.9. The van der Waals surface area contributed by atoms with Crippen molar-refractivity contribution in [2.24, 2.45) is 0 Å². The van der Waals surface area contributed by atoms with Gasteiger partial charge in [0.25, 0.3) is 6.43 Å². The quantitative estimate of drug-likeness (QED) is 0.454. The third-order valence-electron chi connectivity index (χ3n) is 0.973. The molecule has 0 aliphatic heterocycles. The van der Waals surface area contributed by atoms with E-state index in [1.807, 2.05) is 0 Å². The zero-order valence-electron chi connectivity index (χ0n) is 4.96. The van der Waals surface area contributed by atoms with Crippen LogP contribution in [0.25, 0.3) is 0 Å². The Kier molecular flexibility index (Phi) is 3.17. The Bertz CT molecular complexity index is 130. The Hall–Kier alpha value is -0.750. The van der Waals surface area contributed by atoms with Crippen molar-refractivity contribution in [2.45, 2.75) is 18.6 Å². The minimum atomic E-state index is -3.10. The van der Waals surface area contributed by atoms with Crippen molar-refractivity contribution in [3.8, 4) is 0 Å². The van der Waals surface area contributed by atoms with E-state index in [1.54, 1.807) is 0 Å². The average molecular weight is 155 g/mol. The van der Waals surface area contributed by atoms with Gasteiger partial charge in [-0.05, 0) is 0 Å². The maximum atomic E-state index is 11.5. The van der Waals surface area contributed by atoms with Crippen LogP contribution in [0, 0.1) is 0 Å². The number of carboxylic acid groups (broad SMARTS) is 1. The second-order valence-electron chi connectivity index (χ2n) is 1.75. The van der Waals surface area contributed by atoms with Crippen LogP contribution in [0.4, 0.5) is 8.78 Å². The zero-order chi connectivity index (χ0) is 8.31. The van der Waals surface area contributed by atoms with Crippen molar-refractivity contribution in [3.05, 3.63) is 0 Å². The van der Waals surface area contributed by atoms with E-state index in [-0.39, 0.29) is 0 Å². The monoisotopic (exact) mass is 155 g/mol. The number of hydrogen-bond acceptors (Lipinski definition) is 3. The van der Waals surface area contributed by atoms with E-state index in [4.69, 9.17) is 5.11 Å². The van der Waals surface area contributed by atoms with Crippen LogP contribution < -0.4 is 10.8 Å². The highest BCUT2D eigenvalue weighted by Crippen LogP contribution is 2.01. The smallest absolute Gasteiger partial charge is 0.270 e. The topological polar surface area (TPSA) is 88.0 Å². The summed E-state index contributed by atoms with van der Waals surface area (Å²) in [5, 5.41) is 18.1. The predicted molar refractivity (Wildman–Crippen MR) is 23.7 cm³/mol. The van der Waals surface area contributed by atoms with E-state index in [0.717, 1.165) is 0 Å². The van der Waals surface area contributed by atoms with Crippen molar-refractivity contribution in [1.29, 1.82) is 0 Å². The molecule has 0 aromatic carbocycles. The number of rotatable bonds is 3. The molecular weight excluding hydrogens is 148 g/mol. The van der Waals surface area contributed by atoms with Gasteiger partial charge in [-0.1, -0.05) is 0 Å². The Morgan fingerprint density at radius 1 is 1.60 bits per heavy atom. The van der Waals surface area contributed by atoms with Crippen LogP contribution in [0.15, 0.2) is 0 Å². The Morgan fingerprint density at radius 2 is 2.00 bits per heavy atom. The molecule has 0 aromatic heterocycles. The SMILES string of the molecule is [NH3+][C@@H](C(=O)[O-])[C@H](O)C(F)F. The first-order valence-corrected chi connectivity index (χ1v) is 2.47. The van der Waals surface area contributed by atoms with Crippen LogP contribution in [-0.2, 0) is 4.79 Å². The molecule has 0 amide bonds. The third kappa shape index (κ3) is 2.24. The molecule has 4 N–H and O–H groups in total. The fourth-order valence-electron chi connectivity index (χ4n) is 0.315. The van der Waals surface area contributed by atoms with E-state index in [0.29, 0.717) is 0 Å². The molecule has 0 fully saturated rings. The van der Waals surface area contributed by atoms with E-state index in [1.165, 1.54) is 0 Å².